The van der Waals surface area contributed by atoms with Crippen molar-refractivity contribution in [3.8, 4) is 0 Å². The lowest BCUT2D eigenvalue weighted by Crippen LogP contribution is -2.24. The molecule has 0 atom stereocenters. The zero-order valence-electron chi connectivity index (χ0n) is 16.5. The monoisotopic (exact) mass is 364 g/mol. The number of allylic oxidation sites excluding steroid dienone is 1. The second-order valence-corrected chi connectivity index (χ2v) is 7.90. The topological polar surface area (TPSA) is 8.17 Å². The van der Waals surface area contributed by atoms with Crippen molar-refractivity contribution < 1.29 is 4.39 Å². The minimum Gasteiger partial charge on any atom is -0.341 e. The lowest BCUT2D eigenvalue weighted by atomic mass is 9.94. The Kier molecular flexibility index (Phi) is 4.94. The summed E-state index contributed by atoms with van der Waals surface area (Å²) in [6.45, 7) is 9.44. The van der Waals surface area contributed by atoms with Crippen molar-refractivity contribution in [3.05, 3.63) is 70.9 Å². The van der Waals surface area contributed by atoms with Gasteiger partial charge in [-0.2, -0.15) is 0 Å². The Balaban J connectivity index is 1.70. The molecule has 142 valence electrons. The van der Waals surface area contributed by atoms with E-state index in [1.54, 1.807) is 12.1 Å². The van der Waals surface area contributed by atoms with E-state index in [2.05, 4.69) is 42.0 Å². The van der Waals surface area contributed by atoms with Crippen molar-refractivity contribution in [2.75, 3.05) is 0 Å². The third-order valence-electron chi connectivity index (χ3n) is 6.10. The van der Waals surface area contributed by atoms with Crippen molar-refractivity contribution in [2.24, 2.45) is 0 Å². The first-order valence-electron chi connectivity index (χ1n) is 10.2. The predicted octanol–water partition coefficient (Wildman–Crippen LogP) is 6.54. The SMILES string of the molecule is C=C1c2cc(CC)n(C3CCCCC3)c2C=C(C)N1Cc1cccc(F)c1. The van der Waals surface area contributed by atoms with E-state index < -0.39 is 0 Å². The third kappa shape index (κ3) is 3.36. The van der Waals surface area contributed by atoms with Crippen LogP contribution in [0, 0.1) is 5.82 Å². The smallest absolute Gasteiger partial charge is 0.123 e. The predicted molar refractivity (Wildman–Crippen MR) is 111 cm³/mol. The van der Waals surface area contributed by atoms with Gasteiger partial charge >= 0.3 is 0 Å². The van der Waals surface area contributed by atoms with E-state index in [9.17, 15) is 4.39 Å². The standard InChI is InChI=1S/C24H29FN2/c1-4-21-15-23-18(3)26(16-19-9-8-10-20(25)14-19)17(2)13-24(23)27(21)22-11-6-5-7-12-22/h8-10,13-15,22H,3-7,11-12,16H2,1-2H3. The highest BCUT2D eigenvalue weighted by atomic mass is 19.1. The van der Waals surface area contributed by atoms with Crippen LogP contribution in [-0.4, -0.2) is 9.47 Å². The van der Waals surface area contributed by atoms with E-state index in [0.29, 0.717) is 12.6 Å². The highest BCUT2D eigenvalue weighted by Crippen LogP contribution is 2.40. The second kappa shape index (κ2) is 7.38. The van der Waals surface area contributed by atoms with Crippen LogP contribution >= 0.6 is 0 Å². The Labute approximate surface area is 162 Å². The Bertz CT molecular complexity index is 884. The number of halogens is 1. The summed E-state index contributed by atoms with van der Waals surface area (Å²) >= 11 is 0. The molecule has 1 fully saturated rings. The fraction of sp³-hybridized carbons (Fsp3) is 0.417. The van der Waals surface area contributed by atoms with Crippen molar-refractivity contribution in [1.82, 2.24) is 9.47 Å². The normalized spacial score (nSPS) is 17.8. The van der Waals surface area contributed by atoms with Crippen LogP contribution in [0.5, 0.6) is 0 Å². The number of rotatable bonds is 4. The maximum atomic E-state index is 13.6. The molecule has 2 aromatic rings. The maximum Gasteiger partial charge on any atom is 0.123 e. The molecule has 0 N–H and O–H groups in total. The van der Waals surface area contributed by atoms with Crippen LogP contribution in [0.4, 0.5) is 4.39 Å². The average Bonchev–Trinajstić information content (AvgIpc) is 3.04. The molecule has 0 bridgehead atoms. The van der Waals surface area contributed by atoms with E-state index in [0.717, 1.165) is 17.7 Å². The molecule has 1 saturated carbocycles. The quantitative estimate of drug-likeness (QED) is 0.598. The van der Waals surface area contributed by atoms with Gasteiger partial charge in [0.2, 0.25) is 0 Å². The summed E-state index contributed by atoms with van der Waals surface area (Å²) in [7, 11) is 0. The van der Waals surface area contributed by atoms with Crippen LogP contribution in [0.2, 0.25) is 0 Å². The van der Waals surface area contributed by atoms with Gasteiger partial charge in [0.25, 0.3) is 0 Å². The van der Waals surface area contributed by atoms with E-state index in [1.807, 2.05) is 6.07 Å². The summed E-state index contributed by atoms with van der Waals surface area (Å²) in [5.41, 5.74) is 7.13. The van der Waals surface area contributed by atoms with Gasteiger partial charge in [0.1, 0.15) is 5.82 Å². The average molecular weight is 365 g/mol. The first-order valence-corrected chi connectivity index (χ1v) is 10.2. The van der Waals surface area contributed by atoms with Gasteiger partial charge in [-0.25, -0.2) is 4.39 Å². The molecule has 0 saturated heterocycles. The van der Waals surface area contributed by atoms with Gasteiger partial charge in [-0.05, 0) is 56.0 Å². The molecule has 1 aliphatic heterocycles. The van der Waals surface area contributed by atoms with Crippen molar-refractivity contribution in [3.63, 3.8) is 0 Å². The zero-order valence-corrected chi connectivity index (χ0v) is 16.5. The van der Waals surface area contributed by atoms with Gasteiger partial charge in [0, 0.05) is 35.2 Å². The molecule has 1 aromatic carbocycles. The summed E-state index contributed by atoms with van der Waals surface area (Å²) in [6.07, 6.45) is 9.92. The Hall–Kier alpha value is -2.29. The van der Waals surface area contributed by atoms with Crippen molar-refractivity contribution >= 4 is 11.8 Å². The molecule has 0 amide bonds. The Morgan fingerprint density at radius 1 is 1.15 bits per heavy atom. The molecular formula is C24H29FN2. The van der Waals surface area contributed by atoms with Crippen LogP contribution in [-0.2, 0) is 13.0 Å². The van der Waals surface area contributed by atoms with Crippen LogP contribution in [0.25, 0.3) is 11.8 Å². The van der Waals surface area contributed by atoms with Gasteiger partial charge in [-0.15, -0.1) is 0 Å². The molecule has 0 spiro atoms. The van der Waals surface area contributed by atoms with Crippen LogP contribution in [0.15, 0.2) is 42.6 Å². The molecule has 27 heavy (non-hydrogen) atoms. The van der Waals surface area contributed by atoms with Gasteiger partial charge in [0.15, 0.2) is 0 Å². The van der Waals surface area contributed by atoms with E-state index in [-0.39, 0.29) is 5.82 Å². The summed E-state index contributed by atoms with van der Waals surface area (Å²) in [6, 6.07) is 9.80. The molecule has 2 aliphatic rings. The van der Waals surface area contributed by atoms with E-state index >= 15 is 0 Å². The fourth-order valence-corrected chi connectivity index (χ4v) is 4.69. The molecule has 1 aliphatic carbocycles. The minimum absolute atomic E-state index is 0.186. The molecule has 2 nitrogen and oxygen atoms in total. The fourth-order valence-electron chi connectivity index (χ4n) is 4.69. The van der Waals surface area contributed by atoms with Crippen molar-refractivity contribution in [1.29, 1.82) is 0 Å². The lowest BCUT2D eigenvalue weighted by molar-refractivity contribution is 0.346. The number of aromatic nitrogens is 1. The van der Waals surface area contributed by atoms with Gasteiger partial charge in [-0.1, -0.05) is 44.9 Å². The van der Waals surface area contributed by atoms with Crippen LogP contribution in [0.3, 0.4) is 0 Å². The van der Waals surface area contributed by atoms with E-state index in [1.165, 1.54) is 60.8 Å². The molecule has 4 rings (SSSR count). The highest BCUT2D eigenvalue weighted by molar-refractivity contribution is 5.78. The van der Waals surface area contributed by atoms with E-state index in [4.69, 9.17) is 0 Å². The minimum atomic E-state index is -0.186. The Morgan fingerprint density at radius 3 is 2.63 bits per heavy atom. The lowest BCUT2D eigenvalue weighted by Gasteiger charge is -2.33. The second-order valence-electron chi connectivity index (χ2n) is 7.90. The molecular weight excluding hydrogens is 335 g/mol. The molecule has 3 heteroatoms. The van der Waals surface area contributed by atoms with Gasteiger partial charge < -0.3 is 9.47 Å². The number of hydrogen-bond donors (Lipinski definition) is 0. The largest absolute Gasteiger partial charge is 0.341 e. The summed E-state index contributed by atoms with van der Waals surface area (Å²) in [5.74, 6) is -0.186. The molecule has 0 unspecified atom stereocenters. The zero-order chi connectivity index (χ0) is 19.0. The van der Waals surface area contributed by atoms with Gasteiger partial charge in [-0.3, -0.25) is 0 Å². The number of aryl methyl sites for hydroxylation is 1. The molecule has 2 heterocycles. The van der Waals surface area contributed by atoms with Crippen LogP contribution < -0.4 is 0 Å². The molecule has 0 radical (unpaired) electrons. The van der Waals surface area contributed by atoms with Crippen LogP contribution in [0.1, 0.15) is 74.5 Å². The summed E-state index contributed by atoms with van der Waals surface area (Å²) in [4.78, 5) is 2.21. The summed E-state index contributed by atoms with van der Waals surface area (Å²) in [5, 5.41) is 0. The maximum absolute atomic E-state index is 13.6. The first-order chi connectivity index (χ1) is 13.1. The summed E-state index contributed by atoms with van der Waals surface area (Å²) < 4.78 is 16.2. The number of benzene rings is 1. The molecule has 1 aromatic heterocycles. The first kappa shape index (κ1) is 18.1. The van der Waals surface area contributed by atoms with Gasteiger partial charge in [0.05, 0.1) is 5.69 Å². The van der Waals surface area contributed by atoms with Crippen molar-refractivity contribution in [2.45, 2.75) is 65.0 Å². The Morgan fingerprint density at radius 2 is 1.93 bits per heavy atom. The number of hydrogen-bond acceptors (Lipinski definition) is 1. The number of nitrogens with zero attached hydrogens (tertiary/aromatic N) is 2. The highest BCUT2D eigenvalue weighted by Gasteiger charge is 2.28. The number of fused-ring (bicyclic) bond motifs is 1. The third-order valence-corrected chi connectivity index (χ3v) is 6.10.